The van der Waals surface area contributed by atoms with Crippen molar-refractivity contribution in [1.82, 2.24) is 19.2 Å². The van der Waals surface area contributed by atoms with Gasteiger partial charge in [-0.1, -0.05) is 30.9 Å². The normalized spacial score (nSPS) is 15.7. The summed E-state index contributed by atoms with van der Waals surface area (Å²) in [6, 6.07) is 11.2. The molecule has 224 valence electrons. The lowest BCUT2D eigenvalue weighted by Gasteiger charge is -2.36. The molecule has 10 nitrogen and oxygen atoms in total. The lowest BCUT2D eigenvalue weighted by molar-refractivity contribution is -0.670. The van der Waals surface area contributed by atoms with Gasteiger partial charge in [0.2, 0.25) is 5.95 Å². The molecule has 0 aliphatic carbocycles. The van der Waals surface area contributed by atoms with Crippen molar-refractivity contribution in [2.75, 3.05) is 12.0 Å². The molecular weight excluding hydrogens is 575 g/mol. The summed E-state index contributed by atoms with van der Waals surface area (Å²) in [6.07, 6.45) is 5.89. The highest BCUT2D eigenvalue weighted by Gasteiger charge is 2.41. The number of imidazole rings is 1. The number of aromatic nitrogens is 5. The van der Waals surface area contributed by atoms with Gasteiger partial charge < -0.3 is 4.74 Å². The number of benzene rings is 1. The first-order chi connectivity index (χ1) is 21.1. The van der Waals surface area contributed by atoms with Crippen LogP contribution in [-0.2, 0) is 22.3 Å². The average Bonchev–Trinajstić information content (AvgIpc) is 3.61. The van der Waals surface area contributed by atoms with E-state index in [2.05, 4.69) is 16.8 Å². The minimum absolute atomic E-state index is 0.0180. The third-order valence-electron chi connectivity index (χ3n) is 7.37. The van der Waals surface area contributed by atoms with Crippen LogP contribution in [-0.4, -0.2) is 32.2 Å². The zero-order valence-corrected chi connectivity index (χ0v) is 23.7. The molecule has 4 aromatic rings. The third-order valence-corrected chi connectivity index (χ3v) is 7.37. The summed E-state index contributed by atoms with van der Waals surface area (Å²) in [6.45, 7) is 5.62. The van der Waals surface area contributed by atoms with Crippen LogP contribution in [0.4, 0.5) is 24.8 Å². The molecule has 0 radical (unpaired) electrons. The first-order valence-electron chi connectivity index (χ1n) is 13.4. The van der Waals surface area contributed by atoms with Crippen molar-refractivity contribution in [1.29, 1.82) is 5.26 Å². The van der Waals surface area contributed by atoms with Gasteiger partial charge in [-0.25, -0.2) is 28.2 Å². The summed E-state index contributed by atoms with van der Waals surface area (Å²) in [5.74, 6) is -0.810. The number of aryl methyl sites for hydroxylation is 1. The van der Waals surface area contributed by atoms with Gasteiger partial charge in [0.1, 0.15) is 12.4 Å². The molecular formula is C31H27F3N7O3+. The van der Waals surface area contributed by atoms with Crippen molar-refractivity contribution in [2.24, 2.45) is 0 Å². The van der Waals surface area contributed by atoms with Gasteiger partial charge in [-0.05, 0) is 42.8 Å². The van der Waals surface area contributed by atoms with Crippen LogP contribution in [0, 0.1) is 11.3 Å². The van der Waals surface area contributed by atoms with Crippen molar-refractivity contribution in [3.63, 3.8) is 0 Å². The number of nitriles is 1. The van der Waals surface area contributed by atoms with E-state index in [1.165, 1.54) is 40.9 Å². The number of aromatic amines is 1. The molecule has 0 saturated carbocycles. The lowest BCUT2D eigenvalue weighted by Crippen LogP contribution is -2.39. The molecule has 3 aromatic heterocycles. The number of hydrogen-bond acceptors (Lipinski definition) is 6. The molecule has 1 atom stereocenters. The average molecular weight is 603 g/mol. The quantitative estimate of drug-likeness (QED) is 0.133. The smallest absolute Gasteiger partial charge is 0.416 e. The summed E-state index contributed by atoms with van der Waals surface area (Å²) < 4.78 is 51.2. The second kappa shape index (κ2) is 11.9. The number of methoxy groups -OCH3 is 1. The third kappa shape index (κ3) is 5.45. The number of carbonyl (C=O) groups is 1. The lowest BCUT2D eigenvalue weighted by atomic mass is 9.91. The van der Waals surface area contributed by atoms with E-state index in [1.54, 1.807) is 13.0 Å². The van der Waals surface area contributed by atoms with Gasteiger partial charge in [0, 0.05) is 23.9 Å². The van der Waals surface area contributed by atoms with Gasteiger partial charge in [-0.15, -0.1) is 5.10 Å². The van der Waals surface area contributed by atoms with Gasteiger partial charge in [0.05, 0.1) is 48.7 Å². The van der Waals surface area contributed by atoms with Crippen molar-refractivity contribution < 1.29 is 27.3 Å². The minimum Gasteiger partial charge on any atom is -0.466 e. The number of nitrogens with zero attached hydrogens (tertiary/aromatic N) is 6. The maximum Gasteiger partial charge on any atom is 0.416 e. The largest absolute Gasteiger partial charge is 0.466 e. The SMILES string of the molecule is C=C/C(C#N)=C\C=C(/CC[n+]1ccn2ccccc21)[C@@H]1C(C(=O)OC)=C(C)N(c2cccc(C(F)(F)F)c2)c2n[nH]c(=O)n21. The van der Waals surface area contributed by atoms with Crippen LogP contribution in [0.5, 0.6) is 0 Å². The van der Waals surface area contributed by atoms with E-state index in [4.69, 9.17) is 4.74 Å². The Bertz CT molecular complexity index is 1950. The van der Waals surface area contributed by atoms with Gasteiger partial charge in [-0.2, -0.15) is 18.4 Å². The summed E-state index contributed by atoms with van der Waals surface area (Å²) in [5.41, 5.74) is 0.338. The predicted octanol–water partition coefficient (Wildman–Crippen LogP) is 4.92. The van der Waals surface area contributed by atoms with Crippen LogP contribution in [0.2, 0.25) is 0 Å². The second-order valence-electron chi connectivity index (χ2n) is 9.86. The fourth-order valence-electron chi connectivity index (χ4n) is 5.28. The van der Waals surface area contributed by atoms with E-state index in [-0.39, 0.29) is 28.5 Å². The number of allylic oxidation sites excluding steroid dienone is 6. The van der Waals surface area contributed by atoms with Gasteiger partial charge in [0.25, 0.3) is 5.65 Å². The number of halogens is 3. The highest BCUT2D eigenvalue weighted by Crippen LogP contribution is 2.43. The first-order valence-corrected chi connectivity index (χ1v) is 13.4. The molecule has 4 heterocycles. The fourth-order valence-corrected chi connectivity index (χ4v) is 5.28. The Morgan fingerprint density at radius 2 is 2.02 bits per heavy atom. The van der Waals surface area contributed by atoms with Crippen LogP contribution < -0.4 is 15.2 Å². The van der Waals surface area contributed by atoms with E-state index in [0.717, 1.165) is 17.8 Å². The molecule has 1 N–H and O–H groups in total. The van der Waals surface area contributed by atoms with E-state index in [1.807, 2.05) is 51.8 Å². The van der Waals surface area contributed by atoms with Crippen LogP contribution in [0.15, 0.2) is 113 Å². The molecule has 0 fully saturated rings. The molecule has 13 heteroatoms. The first kappa shape index (κ1) is 29.8. The van der Waals surface area contributed by atoms with Crippen molar-refractivity contribution in [3.05, 3.63) is 124 Å². The van der Waals surface area contributed by atoms with E-state index in [0.29, 0.717) is 18.5 Å². The molecule has 1 aromatic carbocycles. The number of esters is 1. The summed E-state index contributed by atoms with van der Waals surface area (Å²) in [4.78, 5) is 28.1. The molecule has 1 aliphatic heterocycles. The Morgan fingerprint density at radius 3 is 2.73 bits per heavy atom. The molecule has 0 unspecified atom stereocenters. The standard InChI is InChI=1S/C31H26F3N7O3/c1-4-21(19-35)11-12-22(13-15-39-17-16-38-14-6-5-10-25(38)39)27-26(28(42)44-3)20(2)40(29-36-37-30(43)41(27)29)24-9-7-8-23(18-24)31(32,33)34/h4-12,14,16-18,27H,1,13,15H2,2-3H3/p+1/b21-11+,22-12+/t27-/m1/s1. The maximum atomic E-state index is 13.6. The molecule has 1 aliphatic rings. The van der Waals surface area contributed by atoms with Crippen molar-refractivity contribution in [3.8, 4) is 6.07 Å². The Morgan fingerprint density at radius 1 is 1.23 bits per heavy atom. The van der Waals surface area contributed by atoms with Gasteiger partial charge in [0.15, 0.2) is 0 Å². The summed E-state index contributed by atoms with van der Waals surface area (Å²) >= 11 is 0. The van der Waals surface area contributed by atoms with Crippen molar-refractivity contribution >= 4 is 23.3 Å². The number of hydrogen-bond donors (Lipinski definition) is 1. The van der Waals surface area contributed by atoms with Gasteiger partial charge >= 0.3 is 17.8 Å². The summed E-state index contributed by atoms with van der Waals surface area (Å²) in [7, 11) is 1.18. The number of fused-ring (bicyclic) bond motifs is 2. The highest BCUT2D eigenvalue weighted by atomic mass is 19.4. The topological polar surface area (TPSA) is 112 Å². The van der Waals surface area contributed by atoms with Crippen LogP contribution in [0.25, 0.3) is 5.65 Å². The molecule has 0 bridgehead atoms. The van der Waals surface area contributed by atoms with Crippen LogP contribution in [0.1, 0.15) is 24.9 Å². The number of alkyl halides is 3. The maximum absolute atomic E-state index is 13.6. The molecule has 0 saturated heterocycles. The number of ether oxygens (including phenoxy) is 1. The number of anilines is 2. The monoisotopic (exact) mass is 602 g/mol. The van der Waals surface area contributed by atoms with E-state index >= 15 is 0 Å². The molecule has 0 amide bonds. The van der Waals surface area contributed by atoms with Crippen LogP contribution >= 0.6 is 0 Å². The zero-order chi connectivity index (χ0) is 31.6. The molecule has 44 heavy (non-hydrogen) atoms. The van der Waals surface area contributed by atoms with Crippen molar-refractivity contribution in [2.45, 2.75) is 32.1 Å². The number of pyridine rings is 1. The Labute approximate surface area is 249 Å². The molecule has 5 rings (SSSR count). The van der Waals surface area contributed by atoms with Gasteiger partial charge in [-0.3, -0.25) is 4.90 Å². The predicted molar refractivity (Wildman–Crippen MR) is 154 cm³/mol. The number of rotatable bonds is 8. The van der Waals surface area contributed by atoms with Crippen LogP contribution in [0.3, 0.4) is 0 Å². The van der Waals surface area contributed by atoms with E-state index < -0.39 is 29.4 Å². The minimum atomic E-state index is -4.63. The highest BCUT2D eigenvalue weighted by molar-refractivity contribution is 5.93. The Hall–Kier alpha value is -5.64. The second-order valence-corrected chi connectivity index (χ2v) is 9.86. The fraction of sp³-hybridized carbons (Fsp3) is 0.194. The summed E-state index contributed by atoms with van der Waals surface area (Å²) in [5, 5.41) is 16.0. The number of H-pyrrole nitrogens is 1. The Kier molecular flexibility index (Phi) is 8.09. The zero-order valence-electron chi connectivity index (χ0n) is 23.7. The number of carbonyl (C=O) groups excluding carboxylic acids is 1. The molecule has 0 spiro atoms. The van der Waals surface area contributed by atoms with E-state index in [9.17, 15) is 28.0 Å². The Balaban J connectivity index is 1.71. The number of nitrogens with one attached hydrogen (secondary N) is 1.